The van der Waals surface area contributed by atoms with Crippen molar-refractivity contribution >= 4 is 11.7 Å². The average molecular weight is 302 g/mol. The van der Waals surface area contributed by atoms with Gasteiger partial charge in [0.05, 0.1) is 0 Å². The largest absolute Gasteiger partial charge is 0.382 e. The van der Waals surface area contributed by atoms with Crippen LogP contribution in [0.4, 0.5) is 5.82 Å². The van der Waals surface area contributed by atoms with Crippen LogP contribution in [-0.4, -0.2) is 33.4 Å². The number of amides is 1. The predicted molar refractivity (Wildman–Crippen MR) is 86.3 cm³/mol. The minimum atomic E-state index is -0.0249. The van der Waals surface area contributed by atoms with E-state index in [2.05, 4.69) is 14.9 Å². The summed E-state index contributed by atoms with van der Waals surface area (Å²) in [5.74, 6) is 0.871. The fourth-order valence-electron chi connectivity index (χ4n) is 4.04. The molecule has 1 saturated heterocycles. The lowest BCUT2D eigenvalue weighted by Crippen LogP contribution is -2.45. The van der Waals surface area contributed by atoms with Gasteiger partial charge in [-0.25, -0.2) is 9.97 Å². The molecule has 1 aliphatic heterocycles. The summed E-state index contributed by atoms with van der Waals surface area (Å²) in [5, 5.41) is 0. The Balaban J connectivity index is 1.83. The molecule has 1 aliphatic carbocycles. The van der Waals surface area contributed by atoms with Gasteiger partial charge in [0, 0.05) is 25.0 Å². The lowest BCUT2D eigenvalue weighted by atomic mass is 9.81. The van der Waals surface area contributed by atoms with Gasteiger partial charge in [0.15, 0.2) is 11.5 Å². The molecule has 5 heteroatoms. The van der Waals surface area contributed by atoms with Crippen LogP contribution in [0.2, 0.25) is 0 Å². The number of carbonyl (C=O) groups excluding carboxylic acids is 1. The third-order valence-corrected chi connectivity index (χ3v) is 5.18. The Morgan fingerprint density at radius 1 is 1.00 bits per heavy atom. The number of nitrogen functional groups attached to an aromatic ring is 1. The molecule has 0 aromatic carbocycles. The van der Waals surface area contributed by atoms with Crippen LogP contribution in [0.3, 0.4) is 0 Å². The van der Waals surface area contributed by atoms with Gasteiger partial charge < -0.3 is 10.6 Å². The molecular weight excluding hydrogens is 276 g/mol. The first-order chi connectivity index (χ1) is 10.8. The minimum Gasteiger partial charge on any atom is -0.382 e. The molecule has 0 unspecified atom stereocenters. The second-order valence-corrected chi connectivity index (χ2v) is 6.60. The molecule has 3 rings (SSSR count). The molecule has 5 nitrogen and oxygen atoms in total. The van der Waals surface area contributed by atoms with Crippen molar-refractivity contribution < 1.29 is 4.79 Å². The minimum absolute atomic E-state index is 0.0249. The molecule has 0 spiro atoms. The third kappa shape index (κ3) is 3.23. The van der Waals surface area contributed by atoms with E-state index in [1.807, 2.05) is 0 Å². The van der Waals surface area contributed by atoms with Crippen LogP contribution in [0.5, 0.6) is 0 Å². The SMILES string of the molecule is Nc1nccnc1C(=O)N1CCCCC[C@H]1C1CCCCC1. The van der Waals surface area contributed by atoms with Crippen molar-refractivity contribution in [2.75, 3.05) is 12.3 Å². The highest BCUT2D eigenvalue weighted by molar-refractivity contribution is 5.96. The van der Waals surface area contributed by atoms with Crippen LogP contribution >= 0.6 is 0 Å². The number of aromatic nitrogens is 2. The van der Waals surface area contributed by atoms with E-state index in [-0.39, 0.29) is 11.7 Å². The van der Waals surface area contributed by atoms with E-state index in [0.29, 0.717) is 17.7 Å². The summed E-state index contributed by atoms with van der Waals surface area (Å²) < 4.78 is 0. The van der Waals surface area contributed by atoms with E-state index in [1.54, 1.807) is 6.20 Å². The van der Waals surface area contributed by atoms with E-state index in [1.165, 1.54) is 51.1 Å². The van der Waals surface area contributed by atoms with Gasteiger partial charge in [-0.3, -0.25) is 4.79 Å². The highest BCUT2D eigenvalue weighted by atomic mass is 16.2. The topological polar surface area (TPSA) is 72.1 Å². The summed E-state index contributed by atoms with van der Waals surface area (Å²) in [6.45, 7) is 0.829. The molecule has 22 heavy (non-hydrogen) atoms. The van der Waals surface area contributed by atoms with Crippen molar-refractivity contribution in [2.45, 2.75) is 63.8 Å². The summed E-state index contributed by atoms with van der Waals surface area (Å²) in [7, 11) is 0. The van der Waals surface area contributed by atoms with Gasteiger partial charge in [0.2, 0.25) is 0 Å². The first-order valence-electron chi connectivity index (χ1n) is 8.65. The molecule has 1 aromatic heterocycles. The summed E-state index contributed by atoms with van der Waals surface area (Å²) >= 11 is 0. The number of nitrogens with zero attached hydrogens (tertiary/aromatic N) is 3. The Bertz CT molecular complexity index is 513. The molecule has 0 bridgehead atoms. The van der Waals surface area contributed by atoms with Gasteiger partial charge >= 0.3 is 0 Å². The lowest BCUT2D eigenvalue weighted by molar-refractivity contribution is 0.0570. The molecule has 2 aliphatic rings. The molecule has 1 aromatic rings. The summed E-state index contributed by atoms with van der Waals surface area (Å²) in [5.41, 5.74) is 6.19. The van der Waals surface area contributed by atoms with Gasteiger partial charge in [-0.05, 0) is 31.6 Å². The number of hydrogen-bond donors (Lipinski definition) is 1. The van der Waals surface area contributed by atoms with E-state index < -0.39 is 0 Å². The zero-order valence-electron chi connectivity index (χ0n) is 13.2. The molecule has 2 heterocycles. The van der Waals surface area contributed by atoms with Crippen LogP contribution in [0.25, 0.3) is 0 Å². The first-order valence-corrected chi connectivity index (χ1v) is 8.65. The monoisotopic (exact) mass is 302 g/mol. The van der Waals surface area contributed by atoms with Gasteiger partial charge in [0.25, 0.3) is 5.91 Å². The van der Waals surface area contributed by atoms with Crippen molar-refractivity contribution in [2.24, 2.45) is 5.92 Å². The maximum atomic E-state index is 13.0. The van der Waals surface area contributed by atoms with E-state index in [9.17, 15) is 4.79 Å². The Morgan fingerprint density at radius 3 is 2.45 bits per heavy atom. The maximum absolute atomic E-state index is 13.0. The lowest BCUT2D eigenvalue weighted by Gasteiger charge is -2.37. The molecule has 0 radical (unpaired) electrons. The average Bonchev–Trinajstić information content (AvgIpc) is 2.81. The number of nitrogens with two attached hydrogens (primary N) is 1. The van der Waals surface area contributed by atoms with Crippen LogP contribution in [-0.2, 0) is 0 Å². The van der Waals surface area contributed by atoms with Gasteiger partial charge in [-0.1, -0.05) is 32.1 Å². The quantitative estimate of drug-likeness (QED) is 0.911. The predicted octanol–water partition coefficient (Wildman–Crippen LogP) is 3.02. The highest BCUT2D eigenvalue weighted by Gasteiger charge is 2.34. The number of rotatable bonds is 2. The zero-order chi connectivity index (χ0) is 15.4. The van der Waals surface area contributed by atoms with Crippen molar-refractivity contribution in [1.29, 1.82) is 0 Å². The van der Waals surface area contributed by atoms with Crippen LogP contribution in [0.1, 0.15) is 68.3 Å². The second kappa shape index (κ2) is 7.07. The van der Waals surface area contributed by atoms with E-state index in [0.717, 1.165) is 19.4 Å². The third-order valence-electron chi connectivity index (χ3n) is 5.18. The summed E-state index contributed by atoms with van der Waals surface area (Å²) in [4.78, 5) is 23.2. The van der Waals surface area contributed by atoms with Crippen LogP contribution < -0.4 is 5.73 Å². The molecule has 2 N–H and O–H groups in total. The summed E-state index contributed by atoms with van der Waals surface area (Å²) in [6.07, 6.45) is 14.2. The van der Waals surface area contributed by atoms with E-state index in [4.69, 9.17) is 5.73 Å². The number of carbonyl (C=O) groups is 1. The molecular formula is C17H26N4O. The number of hydrogen-bond acceptors (Lipinski definition) is 4. The highest BCUT2D eigenvalue weighted by Crippen LogP contribution is 2.34. The molecule has 1 saturated carbocycles. The Kier molecular flexibility index (Phi) is 4.90. The fourth-order valence-corrected chi connectivity index (χ4v) is 4.04. The Morgan fingerprint density at radius 2 is 1.68 bits per heavy atom. The Labute approximate surface area is 132 Å². The molecule has 120 valence electrons. The Hall–Kier alpha value is -1.65. The smallest absolute Gasteiger partial charge is 0.276 e. The second-order valence-electron chi connectivity index (χ2n) is 6.60. The van der Waals surface area contributed by atoms with Crippen LogP contribution in [0, 0.1) is 5.92 Å². The number of likely N-dealkylation sites (tertiary alicyclic amines) is 1. The van der Waals surface area contributed by atoms with E-state index >= 15 is 0 Å². The van der Waals surface area contributed by atoms with Crippen molar-refractivity contribution in [3.8, 4) is 0 Å². The standard InChI is InChI=1S/C17H26N4O/c18-16-15(19-10-11-20-16)17(22)21-12-6-2-5-9-14(21)13-7-3-1-4-8-13/h10-11,13-14H,1-9,12H2,(H2,18,20)/t14-/m0/s1. The maximum Gasteiger partial charge on any atom is 0.276 e. The van der Waals surface area contributed by atoms with Gasteiger partial charge in [-0.2, -0.15) is 0 Å². The fraction of sp³-hybridized carbons (Fsp3) is 0.706. The molecule has 1 atom stereocenters. The van der Waals surface area contributed by atoms with Crippen molar-refractivity contribution in [3.05, 3.63) is 18.1 Å². The normalized spacial score (nSPS) is 24.0. The van der Waals surface area contributed by atoms with Gasteiger partial charge in [0.1, 0.15) is 0 Å². The van der Waals surface area contributed by atoms with Crippen molar-refractivity contribution in [3.63, 3.8) is 0 Å². The molecule has 2 fully saturated rings. The molecule has 1 amide bonds. The van der Waals surface area contributed by atoms with Crippen molar-refractivity contribution in [1.82, 2.24) is 14.9 Å². The van der Waals surface area contributed by atoms with Crippen LogP contribution in [0.15, 0.2) is 12.4 Å². The zero-order valence-corrected chi connectivity index (χ0v) is 13.2. The number of anilines is 1. The van der Waals surface area contributed by atoms with Gasteiger partial charge in [-0.15, -0.1) is 0 Å². The summed E-state index contributed by atoms with van der Waals surface area (Å²) in [6, 6.07) is 0.358. The first kappa shape index (κ1) is 15.3.